The molecule has 8 heteroatoms. The molecule has 2 aromatic carbocycles. The van der Waals surface area contributed by atoms with Gasteiger partial charge in [0.05, 0.1) is 26.0 Å². The summed E-state index contributed by atoms with van der Waals surface area (Å²) in [5.41, 5.74) is 1.73. The molecule has 6 nitrogen and oxygen atoms in total. The van der Waals surface area contributed by atoms with Gasteiger partial charge in [0.25, 0.3) is 0 Å². The number of nitrogens with zero attached hydrogens (tertiary/aromatic N) is 2. The van der Waals surface area contributed by atoms with Crippen molar-refractivity contribution < 1.29 is 19.0 Å². The lowest BCUT2D eigenvalue weighted by Gasteiger charge is -2.27. The van der Waals surface area contributed by atoms with E-state index in [1.807, 2.05) is 36.4 Å². The number of fused-ring (bicyclic) bond motifs is 1. The third-order valence-electron chi connectivity index (χ3n) is 5.64. The molecular weight excluding hydrogens is 460 g/mol. The molecule has 3 rings (SSSR count). The van der Waals surface area contributed by atoms with Crippen molar-refractivity contribution in [3.63, 3.8) is 0 Å². The molecule has 1 unspecified atom stereocenters. The fourth-order valence-corrected chi connectivity index (χ4v) is 5.39. The Morgan fingerprint density at radius 3 is 2.61 bits per heavy atom. The Hall–Kier alpha value is -1.93. The summed E-state index contributed by atoms with van der Waals surface area (Å²) >= 11 is 7.84. The highest BCUT2D eigenvalue weighted by molar-refractivity contribution is 8.00. The van der Waals surface area contributed by atoms with Gasteiger partial charge in [-0.1, -0.05) is 23.4 Å². The van der Waals surface area contributed by atoms with Crippen LogP contribution in [0.15, 0.2) is 41.3 Å². The average molecular weight is 493 g/mol. The smallest absolute Gasteiger partial charge is 0.225 e. The SMILES string of the molecule is COCCN(CCCOc1ccc(OC)cc1C1Sc2ccc(Cl)cc2N1C(C)=O)C(C)C. The van der Waals surface area contributed by atoms with Crippen LogP contribution in [0.25, 0.3) is 0 Å². The largest absolute Gasteiger partial charge is 0.497 e. The van der Waals surface area contributed by atoms with Crippen LogP contribution >= 0.6 is 23.4 Å². The second kappa shape index (κ2) is 12.0. The molecule has 0 saturated carbocycles. The second-order valence-electron chi connectivity index (χ2n) is 8.20. The number of carbonyl (C=O) groups is 1. The van der Waals surface area contributed by atoms with E-state index >= 15 is 0 Å². The molecule has 1 atom stereocenters. The molecule has 1 amide bonds. The average Bonchev–Trinajstić information content (AvgIpc) is 3.17. The number of carbonyl (C=O) groups excluding carboxylic acids is 1. The number of rotatable bonds is 11. The van der Waals surface area contributed by atoms with Gasteiger partial charge in [-0.05, 0) is 56.7 Å². The molecule has 180 valence electrons. The van der Waals surface area contributed by atoms with Crippen molar-refractivity contribution in [2.24, 2.45) is 0 Å². The maximum atomic E-state index is 12.6. The first-order valence-electron chi connectivity index (χ1n) is 11.2. The van der Waals surface area contributed by atoms with Crippen LogP contribution < -0.4 is 14.4 Å². The van der Waals surface area contributed by atoms with Crippen molar-refractivity contribution in [3.8, 4) is 11.5 Å². The molecular formula is C25H33ClN2O4S. The lowest BCUT2D eigenvalue weighted by molar-refractivity contribution is -0.116. The van der Waals surface area contributed by atoms with Crippen molar-refractivity contribution in [1.82, 2.24) is 4.90 Å². The van der Waals surface area contributed by atoms with Gasteiger partial charge in [-0.3, -0.25) is 14.6 Å². The Morgan fingerprint density at radius 2 is 1.94 bits per heavy atom. The number of methoxy groups -OCH3 is 2. The van der Waals surface area contributed by atoms with Crippen LogP contribution in [0.2, 0.25) is 5.02 Å². The van der Waals surface area contributed by atoms with Crippen LogP contribution in [0.5, 0.6) is 11.5 Å². The molecule has 0 spiro atoms. The van der Waals surface area contributed by atoms with Crippen molar-refractivity contribution >= 4 is 35.0 Å². The minimum Gasteiger partial charge on any atom is -0.497 e. The van der Waals surface area contributed by atoms with E-state index in [1.54, 1.807) is 37.8 Å². The van der Waals surface area contributed by atoms with E-state index in [0.29, 0.717) is 24.3 Å². The summed E-state index contributed by atoms with van der Waals surface area (Å²) in [7, 11) is 3.36. The summed E-state index contributed by atoms with van der Waals surface area (Å²) in [5.74, 6) is 1.43. The fourth-order valence-electron chi connectivity index (χ4n) is 3.88. The van der Waals surface area contributed by atoms with Gasteiger partial charge in [-0.15, -0.1) is 0 Å². The third kappa shape index (κ3) is 6.35. The Balaban J connectivity index is 1.78. The predicted octanol–water partition coefficient (Wildman–Crippen LogP) is 5.63. The van der Waals surface area contributed by atoms with E-state index in [4.69, 9.17) is 25.8 Å². The number of thioether (sulfide) groups is 1. The number of anilines is 1. The maximum Gasteiger partial charge on any atom is 0.225 e. The third-order valence-corrected chi connectivity index (χ3v) is 7.16. The quantitative estimate of drug-likeness (QED) is 0.379. The second-order valence-corrected chi connectivity index (χ2v) is 9.76. The zero-order chi connectivity index (χ0) is 24.0. The summed E-state index contributed by atoms with van der Waals surface area (Å²) in [5, 5.41) is 0.349. The van der Waals surface area contributed by atoms with Crippen LogP contribution in [0.4, 0.5) is 5.69 Å². The van der Waals surface area contributed by atoms with E-state index in [1.165, 1.54) is 0 Å². The van der Waals surface area contributed by atoms with Crippen molar-refractivity contribution in [2.75, 3.05) is 45.4 Å². The molecule has 0 radical (unpaired) electrons. The van der Waals surface area contributed by atoms with Gasteiger partial charge in [0.2, 0.25) is 5.91 Å². The lowest BCUT2D eigenvalue weighted by atomic mass is 10.1. The standard InChI is InChI=1S/C25H33ClN2O4S/c1-17(2)27(12-14-30-4)11-6-13-32-23-9-8-20(31-5)16-21(23)25-28(18(3)29)22-15-19(26)7-10-24(22)33-25/h7-10,15-17,25H,6,11-14H2,1-5H3. The summed E-state index contributed by atoms with van der Waals surface area (Å²) in [6.45, 7) is 9.07. The summed E-state index contributed by atoms with van der Waals surface area (Å²) in [6, 6.07) is 11.9. The number of halogens is 1. The van der Waals surface area contributed by atoms with Gasteiger partial charge in [0.1, 0.15) is 16.9 Å². The highest BCUT2D eigenvalue weighted by Crippen LogP contribution is 2.54. The maximum absolute atomic E-state index is 12.6. The number of ether oxygens (including phenoxy) is 3. The predicted molar refractivity (Wildman–Crippen MR) is 135 cm³/mol. The molecule has 33 heavy (non-hydrogen) atoms. The first-order valence-corrected chi connectivity index (χ1v) is 12.4. The molecule has 1 aliphatic heterocycles. The number of benzene rings is 2. The molecule has 1 aliphatic rings. The summed E-state index contributed by atoms with van der Waals surface area (Å²) in [6.07, 6.45) is 0.886. The van der Waals surface area contributed by atoms with E-state index in [0.717, 1.165) is 47.2 Å². The van der Waals surface area contributed by atoms with Crippen molar-refractivity contribution in [3.05, 3.63) is 47.0 Å². The Kier molecular flexibility index (Phi) is 9.32. The zero-order valence-electron chi connectivity index (χ0n) is 20.0. The lowest BCUT2D eigenvalue weighted by Crippen LogP contribution is -2.35. The molecule has 0 aliphatic carbocycles. The molecule has 0 fully saturated rings. The van der Waals surface area contributed by atoms with Crippen LogP contribution in [-0.4, -0.2) is 57.4 Å². The number of amides is 1. The summed E-state index contributed by atoms with van der Waals surface area (Å²) in [4.78, 5) is 17.8. The van der Waals surface area contributed by atoms with Gasteiger partial charge in [0, 0.05) is 48.6 Å². The van der Waals surface area contributed by atoms with Crippen molar-refractivity contribution in [1.29, 1.82) is 0 Å². The number of hydrogen-bond donors (Lipinski definition) is 0. The van der Waals surface area contributed by atoms with Gasteiger partial charge < -0.3 is 14.2 Å². The van der Waals surface area contributed by atoms with E-state index in [2.05, 4.69) is 18.7 Å². The molecule has 0 saturated heterocycles. The molecule has 0 aromatic heterocycles. The van der Waals surface area contributed by atoms with Crippen LogP contribution in [-0.2, 0) is 9.53 Å². The van der Waals surface area contributed by atoms with Gasteiger partial charge >= 0.3 is 0 Å². The van der Waals surface area contributed by atoms with Crippen LogP contribution in [0.1, 0.15) is 38.1 Å². The normalized spacial score (nSPS) is 15.3. The van der Waals surface area contributed by atoms with E-state index in [9.17, 15) is 4.79 Å². The first-order chi connectivity index (χ1) is 15.8. The molecule has 1 heterocycles. The highest BCUT2D eigenvalue weighted by Gasteiger charge is 2.36. The van der Waals surface area contributed by atoms with Crippen LogP contribution in [0.3, 0.4) is 0 Å². The van der Waals surface area contributed by atoms with Gasteiger partial charge in [-0.25, -0.2) is 0 Å². The van der Waals surface area contributed by atoms with Gasteiger partial charge in [0.15, 0.2) is 0 Å². The van der Waals surface area contributed by atoms with Crippen molar-refractivity contribution in [2.45, 2.75) is 43.5 Å². The Labute approximate surface area is 206 Å². The Morgan fingerprint density at radius 1 is 1.15 bits per heavy atom. The van der Waals surface area contributed by atoms with Crippen LogP contribution in [0, 0.1) is 0 Å². The first kappa shape index (κ1) is 25.7. The van der Waals surface area contributed by atoms with E-state index in [-0.39, 0.29) is 11.3 Å². The highest BCUT2D eigenvalue weighted by atomic mass is 35.5. The molecule has 0 N–H and O–H groups in total. The monoisotopic (exact) mass is 492 g/mol. The fraction of sp³-hybridized carbons (Fsp3) is 0.480. The number of hydrogen-bond acceptors (Lipinski definition) is 6. The minimum absolute atomic E-state index is 0.0481. The topological polar surface area (TPSA) is 51.2 Å². The molecule has 0 bridgehead atoms. The summed E-state index contributed by atoms with van der Waals surface area (Å²) < 4.78 is 16.9. The zero-order valence-corrected chi connectivity index (χ0v) is 21.5. The Bertz CT molecular complexity index is 956. The minimum atomic E-state index is -0.255. The van der Waals surface area contributed by atoms with Gasteiger partial charge in [-0.2, -0.15) is 0 Å². The molecule has 2 aromatic rings. The van der Waals surface area contributed by atoms with E-state index < -0.39 is 0 Å².